The summed E-state index contributed by atoms with van der Waals surface area (Å²) in [6.45, 7) is 3.29. The van der Waals surface area contributed by atoms with Crippen LogP contribution in [0.5, 0.6) is 0 Å². The molecule has 0 saturated heterocycles. The van der Waals surface area contributed by atoms with E-state index < -0.39 is 10.2 Å². The van der Waals surface area contributed by atoms with Crippen LogP contribution in [-0.2, 0) is 34.6 Å². The minimum Gasteiger partial charge on any atom is -0.394 e. The zero-order chi connectivity index (χ0) is 21.9. The second-order valence-corrected chi connectivity index (χ2v) is 5.14. The van der Waals surface area contributed by atoms with Gasteiger partial charge in [-0.1, -0.05) is 12.1 Å². The Hall–Kier alpha value is -2.91. The van der Waals surface area contributed by atoms with E-state index in [2.05, 4.69) is 14.9 Å². The molecule has 14 heteroatoms. The first-order chi connectivity index (χ1) is 13.8. The fourth-order valence-corrected chi connectivity index (χ4v) is 2.02. The summed E-state index contributed by atoms with van der Waals surface area (Å²) < 4.78 is 5.36. The van der Waals surface area contributed by atoms with Gasteiger partial charge in [-0.25, -0.2) is 0 Å². The van der Waals surface area contributed by atoms with Gasteiger partial charge in [0.05, 0.1) is 41.4 Å². The Bertz CT molecular complexity index is 622. The van der Waals surface area contributed by atoms with Gasteiger partial charge in [0.1, 0.15) is 0 Å². The van der Waals surface area contributed by atoms with E-state index in [4.69, 9.17) is 40.5 Å². The summed E-state index contributed by atoms with van der Waals surface area (Å²) >= 11 is 0. The van der Waals surface area contributed by atoms with E-state index in [0.29, 0.717) is 13.2 Å². The molecule has 13 nitrogen and oxygen atoms in total. The molecule has 0 aliphatic rings. The minimum absolute atomic E-state index is 0. The second kappa shape index (κ2) is 19.4. The fourth-order valence-electron chi connectivity index (χ4n) is 2.02. The predicted molar refractivity (Wildman–Crippen MR) is 101 cm³/mol. The Morgan fingerprint density at radius 2 is 1.30 bits per heavy atom. The van der Waals surface area contributed by atoms with Gasteiger partial charge in [0.2, 0.25) is 0 Å². The molecular formula is C16H21CoN5O8+. The monoisotopic (exact) mass is 470 g/mol. The summed E-state index contributed by atoms with van der Waals surface area (Å²) in [5.41, 5.74) is 2.05. The predicted octanol–water partition coefficient (Wildman–Crippen LogP) is 1.01. The Morgan fingerprint density at radius 1 is 0.867 bits per heavy atom. The number of aliphatic hydroxyl groups excluding tert-OH is 1. The van der Waals surface area contributed by atoms with Crippen LogP contribution in [0.15, 0.2) is 48.8 Å². The standard InChI is InChI=1S/C16H21N3O2.Co.2NO3/c20-10-12-21-11-9-19(13-15-5-1-3-7-17-15)14-16-6-2-4-8-18-16;;2*2-1(3)4/h1-8,20H,9-14H2;;;/q;+3;2*-1. The average molecular weight is 470 g/mol. The molecule has 166 valence electrons. The largest absolute Gasteiger partial charge is 3.00 e. The fraction of sp³-hybridized carbons (Fsp3) is 0.375. The second-order valence-electron chi connectivity index (χ2n) is 5.14. The third kappa shape index (κ3) is 19.8. The van der Waals surface area contributed by atoms with E-state index >= 15 is 0 Å². The van der Waals surface area contributed by atoms with Crippen LogP contribution in [-0.4, -0.2) is 56.5 Å². The van der Waals surface area contributed by atoms with Crippen molar-refractivity contribution < 1.29 is 36.8 Å². The van der Waals surface area contributed by atoms with Crippen LogP contribution in [0, 0.1) is 30.6 Å². The van der Waals surface area contributed by atoms with Crippen LogP contribution in [0.4, 0.5) is 0 Å². The Morgan fingerprint density at radius 3 is 1.63 bits per heavy atom. The first-order valence-corrected chi connectivity index (χ1v) is 8.19. The summed E-state index contributed by atoms with van der Waals surface area (Å²) in [4.78, 5) is 27.5. The van der Waals surface area contributed by atoms with E-state index in [1.54, 1.807) is 12.4 Å². The molecule has 0 aromatic carbocycles. The van der Waals surface area contributed by atoms with Crippen molar-refractivity contribution in [1.82, 2.24) is 14.9 Å². The third-order valence-electron chi connectivity index (χ3n) is 3.01. The van der Waals surface area contributed by atoms with Crippen molar-refractivity contribution in [2.24, 2.45) is 0 Å². The van der Waals surface area contributed by atoms with Gasteiger partial charge in [-0.3, -0.25) is 14.9 Å². The number of ether oxygens (including phenoxy) is 1. The molecule has 2 rings (SSSR count). The molecule has 2 aromatic rings. The van der Waals surface area contributed by atoms with Crippen LogP contribution in [0.2, 0.25) is 0 Å². The van der Waals surface area contributed by atoms with E-state index in [1.165, 1.54) is 0 Å². The van der Waals surface area contributed by atoms with Gasteiger partial charge in [0.15, 0.2) is 0 Å². The van der Waals surface area contributed by atoms with Crippen LogP contribution < -0.4 is 0 Å². The van der Waals surface area contributed by atoms with Crippen molar-refractivity contribution >= 4 is 0 Å². The molecular weight excluding hydrogens is 449 g/mol. The van der Waals surface area contributed by atoms with Gasteiger partial charge in [0, 0.05) is 32.0 Å². The number of aromatic nitrogens is 2. The summed E-state index contributed by atoms with van der Waals surface area (Å²) in [7, 11) is 0. The van der Waals surface area contributed by atoms with Crippen molar-refractivity contribution in [3.63, 3.8) is 0 Å². The molecule has 0 aliphatic carbocycles. The van der Waals surface area contributed by atoms with Crippen molar-refractivity contribution in [3.8, 4) is 0 Å². The van der Waals surface area contributed by atoms with Gasteiger partial charge in [-0.05, 0) is 24.3 Å². The van der Waals surface area contributed by atoms with Gasteiger partial charge < -0.3 is 40.5 Å². The zero-order valence-electron chi connectivity index (χ0n) is 15.7. The normalized spacial score (nSPS) is 9.27. The first kappa shape index (κ1) is 29.3. The molecule has 0 bridgehead atoms. The molecule has 30 heavy (non-hydrogen) atoms. The van der Waals surface area contributed by atoms with Crippen molar-refractivity contribution in [1.29, 1.82) is 0 Å². The van der Waals surface area contributed by atoms with Crippen LogP contribution in [0.1, 0.15) is 11.4 Å². The van der Waals surface area contributed by atoms with Gasteiger partial charge in [-0.2, -0.15) is 0 Å². The SMILES string of the molecule is O=[N+]([O-])[O-].O=[N+]([O-])[O-].OCCOCCN(Cc1ccccn1)Cc1ccccn1.[Co+3]. The van der Waals surface area contributed by atoms with Gasteiger partial charge >= 0.3 is 16.8 Å². The zero-order valence-corrected chi connectivity index (χ0v) is 16.8. The molecule has 0 atom stereocenters. The number of hydrogen-bond donors (Lipinski definition) is 1. The molecule has 0 radical (unpaired) electrons. The molecule has 0 aliphatic heterocycles. The maximum atomic E-state index is 8.74. The smallest absolute Gasteiger partial charge is 0.394 e. The Labute approximate surface area is 182 Å². The molecule has 2 aromatic heterocycles. The van der Waals surface area contributed by atoms with Crippen LogP contribution >= 0.6 is 0 Å². The number of pyridine rings is 2. The maximum Gasteiger partial charge on any atom is 3.00 e. The summed E-state index contributed by atoms with van der Waals surface area (Å²) in [6, 6.07) is 11.8. The Balaban J connectivity index is 0. The number of hydrogen-bond acceptors (Lipinski definition) is 11. The number of nitrogens with zero attached hydrogens (tertiary/aromatic N) is 5. The van der Waals surface area contributed by atoms with Crippen molar-refractivity contribution in [3.05, 3.63) is 90.8 Å². The van der Waals surface area contributed by atoms with Gasteiger partial charge in [0.25, 0.3) is 0 Å². The molecule has 0 saturated carbocycles. The summed E-state index contributed by atoms with van der Waals surface area (Å²) in [5, 5.41) is 38.2. The van der Waals surface area contributed by atoms with E-state index in [1.807, 2.05) is 36.4 Å². The summed E-state index contributed by atoms with van der Waals surface area (Å²) in [5.74, 6) is 0. The minimum atomic E-state index is -1.75. The quantitative estimate of drug-likeness (QED) is 0.312. The number of rotatable bonds is 9. The molecule has 0 amide bonds. The molecule has 0 spiro atoms. The van der Waals surface area contributed by atoms with Crippen molar-refractivity contribution in [2.45, 2.75) is 13.1 Å². The molecule has 1 N–H and O–H groups in total. The number of aliphatic hydroxyl groups is 1. The van der Waals surface area contributed by atoms with Crippen molar-refractivity contribution in [2.75, 3.05) is 26.4 Å². The van der Waals surface area contributed by atoms with E-state index in [0.717, 1.165) is 31.0 Å². The van der Waals surface area contributed by atoms with Crippen LogP contribution in [0.3, 0.4) is 0 Å². The molecule has 0 fully saturated rings. The Kier molecular flexibility index (Phi) is 18.9. The average Bonchev–Trinajstić information content (AvgIpc) is 2.66. The first-order valence-electron chi connectivity index (χ1n) is 8.19. The van der Waals surface area contributed by atoms with E-state index in [9.17, 15) is 0 Å². The third-order valence-corrected chi connectivity index (χ3v) is 3.01. The molecule has 2 heterocycles. The van der Waals surface area contributed by atoms with E-state index in [-0.39, 0.29) is 23.4 Å². The molecule has 0 unspecified atom stereocenters. The van der Waals surface area contributed by atoms with Crippen LogP contribution in [0.25, 0.3) is 0 Å². The topological polar surface area (TPSA) is 191 Å². The van der Waals surface area contributed by atoms with Gasteiger partial charge in [-0.15, -0.1) is 0 Å². The maximum absolute atomic E-state index is 8.74. The summed E-state index contributed by atoms with van der Waals surface area (Å²) in [6.07, 6.45) is 3.60.